The number of para-hydroxylation sites is 2. The molecule has 166 valence electrons. The lowest BCUT2D eigenvalue weighted by Crippen LogP contribution is -2.26. The van der Waals surface area contributed by atoms with Crippen molar-refractivity contribution in [2.45, 2.75) is 37.8 Å². The molecule has 2 atom stereocenters. The highest BCUT2D eigenvalue weighted by Crippen LogP contribution is 2.47. The molecular formula is C30H30N2O. The van der Waals surface area contributed by atoms with Crippen molar-refractivity contribution in [1.82, 2.24) is 9.47 Å². The van der Waals surface area contributed by atoms with Crippen molar-refractivity contribution in [1.29, 1.82) is 0 Å². The Morgan fingerprint density at radius 3 is 2.64 bits per heavy atom. The lowest BCUT2D eigenvalue weighted by molar-refractivity contribution is 0.309. The summed E-state index contributed by atoms with van der Waals surface area (Å²) >= 11 is 0. The van der Waals surface area contributed by atoms with Gasteiger partial charge in [0.25, 0.3) is 0 Å². The van der Waals surface area contributed by atoms with Crippen molar-refractivity contribution < 1.29 is 4.74 Å². The number of likely N-dealkylation sites (tertiary alicyclic amines) is 1. The minimum atomic E-state index is 0.0704. The third-order valence-corrected chi connectivity index (χ3v) is 7.46. The number of ether oxygens (including phenoxy) is 1. The lowest BCUT2D eigenvalue weighted by atomic mass is 9.89. The Morgan fingerprint density at radius 1 is 0.970 bits per heavy atom. The van der Waals surface area contributed by atoms with E-state index in [9.17, 15) is 0 Å². The van der Waals surface area contributed by atoms with Gasteiger partial charge in [-0.05, 0) is 68.6 Å². The molecule has 1 aromatic heterocycles. The first-order valence-electron chi connectivity index (χ1n) is 12.0. The standard InChI is InChI=1S/C30H30N2O/c1-3-10-21-11-8-17-28-29(21)30(25-14-5-7-16-27(25)33-28)32-20-22(19-23-12-9-18-31(23)2)24-13-4-6-15-26(24)32/h3-8,11,13-17,20,23,30H,1,9-10,12,18-19H2,2H3/t23-,30+/m0/s1. The summed E-state index contributed by atoms with van der Waals surface area (Å²) < 4.78 is 8.89. The predicted octanol–water partition coefficient (Wildman–Crippen LogP) is 6.75. The number of rotatable bonds is 5. The highest BCUT2D eigenvalue weighted by Gasteiger charge is 2.32. The number of nitrogens with zero attached hydrogens (tertiary/aromatic N) is 2. The maximum Gasteiger partial charge on any atom is 0.133 e. The van der Waals surface area contributed by atoms with Crippen molar-refractivity contribution in [2.24, 2.45) is 0 Å². The summed E-state index contributed by atoms with van der Waals surface area (Å²) in [7, 11) is 2.27. The molecule has 0 unspecified atom stereocenters. The summed E-state index contributed by atoms with van der Waals surface area (Å²) in [6.07, 6.45) is 8.90. The van der Waals surface area contributed by atoms with E-state index >= 15 is 0 Å². The fourth-order valence-electron chi connectivity index (χ4n) is 5.83. The Bertz CT molecular complexity index is 1330. The van der Waals surface area contributed by atoms with Gasteiger partial charge in [0, 0.05) is 34.3 Å². The quantitative estimate of drug-likeness (QED) is 0.285. The molecule has 33 heavy (non-hydrogen) atoms. The molecule has 1 fully saturated rings. The molecule has 3 aromatic carbocycles. The topological polar surface area (TPSA) is 17.4 Å². The van der Waals surface area contributed by atoms with Crippen LogP contribution in [0.2, 0.25) is 0 Å². The third kappa shape index (κ3) is 3.39. The zero-order valence-corrected chi connectivity index (χ0v) is 19.2. The van der Waals surface area contributed by atoms with Crippen molar-refractivity contribution in [3.63, 3.8) is 0 Å². The Labute approximate surface area is 195 Å². The maximum atomic E-state index is 6.40. The second-order valence-electron chi connectivity index (χ2n) is 9.42. The molecule has 0 spiro atoms. The van der Waals surface area contributed by atoms with Crippen LogP contribution in [0.15, 0.2) is 85.6 Å². The summed E-state index contributed by atoms with van der Waals surface area (Å²) in [6.45, 7) is 5.22. The molecular weight excluding hydrogens is 404 g/mol. The van der Waals surface area contributed by atoms with Crippen LogP contribution in [0.1, 0.15) is 41.1 Å². The largest absolute Gasteiger partial charge is 0.457 e. The summed E-state index contributed by atoms with van der Waals surface area (Å²) in [5.74, 6) is 1.90. The van der Waals surface area contributed by atoms with Gasteiger partial charge in [-0.1, -0.05) is 54.6 Å². The number of allylic oxidation sites excluding steroid dienone is 1. The van der Waals surface area contributed by atoms with Crippen molar-refractivity contribution in [3.8, 4) is 11.5 Å². The minimum absolute atomic E-state index is 0.0704. The van der Waals surface area contributed by atoms with Gasteiger partial charge in [-0.2, -0.15) is 0 Å². The highest BCUT2D eigenvalue weighted by molar-refractivity contribution is 5.85. The number of hydrogen-bond donors (Lipinski definition) is 0. The molecule has 0 amide bonds. The monoisotopic (exact) mass is 434 g/mol. The second kappa shape index (κ2) is 8.24. The van der Waals surface area contributed by atoms with Crippen LogP contribution in [0.5, 0.6) is 11.5 Å². The summed E-state index contributed by atoms with van der Waals surface area (Å²) in [4.78, 5) is 2.52. The Hall–Kier alpha value is -3.30. The first-order valence-corrected chi connectivity index (χ1v) is 12.0. The Morgan fingerprint density at radius 2 is 1.79 bits per heavy atom. The fourth-order valence-corrected chi connectivity index (χ4v) is 5.83. The van der Waals surface area contributed by atoms with Crippen molar-refractivity contribution >= 4 is 10.9 Å². The second-order valence-corrected chi connectivity index (χ2v) is 9.42. The van der Waals surface area contributed by atoms with Crippen LogP contribution in [0.3, 0.4) is 0 Å². The first kappa shape index (κ1) is 20.3. The van der Waals surface area contributed by atoms with Gasteiger partial charge in [0.2, 0.25) is 0 Å². The van der Waals surface area contributed by atoms with Crippen LogP contribution in [0, 0.1) is 0 Å². The zero-order valence-electron chi connectivity index (χ0n) is 19.2. The number of likely N-dealkylation sites (N-methyl/N-ethyl adjacent to an activating group) is 1. The molecule has 3 heteroatoms. The van der Waals surface area contributed by atoms with Crippen LogP contribution >= 0.6 is 0 Å². The van der Waals surface area contributed by atoms with Crippen LogP contribution < -0.4 is 4.74 Å². The molecule has 6 rings (SSSR count). The van der Waals surface area contributed by atoms with Crippen LogP contribution in [0.4, 0.5) is 0 Å². The number of fused-ring (bicyclic) bond motifs is 3. The number of aromatic nitrogens is 1. The van der Waals surface area contributed by atoms with Crippen LogP contribution in [-0.4, -0.2) is 29.1 Å². The van der Waals surface area contributed by atoms with Crippen LogP contribution in [0.25, 0.3) is 10.9 Å². The molecule has 1 saturated heterocycles. The summed E-state index contributed by atoms with van der Waals surface area (Å²) in [5.41, 5.74) is 6.47. The van der Waals surface area contributed by atoms with E-state index in [0.717, 1.165) is 24.3 Å². The molecule has 0 N–H and O–H groups in total. The van der Waals surface area contributed by atoms with E-state index in [0.29, 0.717) is 6.04 Å². The number of hydrogen-bond acceptors (Lipinski definition) is 2. The molecule has 4 aromatic rings. The summed E-state index contributed by atoms with van der Waals surface area (Å²) in [6, 6.07) is 24.5. The molecule has 0 bridgehead atoms. The van der Waals surface area contributed by atoms with E-state index in [1.54, 1.807) is 0 Å². The van der Waals surface area contributed by atoms with Gasteiger partial charge in [-0.25, -0.2) is 0 Å². The Balaban J connectivity index is 1.57. The zero-order chi connectivity index (χ0) is 22.4. The van der Waals surface area contributed by atoms with Gasteiger partial charge in [0.05, 0.1) is 6.04 Å². The van der Waals surface area contributed by atoms with Crippen molar-refractivity contribution in [3.05, 3.63) is 108 Å². The molecule has 0 radical (unpaired) electrons. The maximum absolute atomic E-state index is 6.40. The van der Waals surface area contributed by atoms with Gasteiger partial charge in [-0.15, -0.1) is 6.58 Å². The smallest absolute Gasteiger partial charge is 0.133 e. The summed E-state index contributed by atoms with van der Waals surface area (Å²) in [5, 5.41) is 1.37. The highest BCUT2D eigenvalue weighted by atomic mass is 16.5. The average molecular weight is 435 g/mol. The van der Waals surface area contributed by atoms with E-state index < -0.39 is 0 Å². The van der Waals surface area contributed by atoms with E-state index in [2.05, 4.69) is 96.0 Å². The average Bonchev–Trinajstić information content (AvgIpc) is 3.41. The SMILES string of the molecule is C=CCc1cccc2c1[C@H](n1cc(C[C@@H]3CCCN3C)c3ccccc31)c1ccccc1O2. The van der Waals surface area contributed by atoms with E-state index in [4.69, 9.17) is 4.74 Å². The molecule has 3 nitrogen and oxygen atoms in total. The van der Waals surface area contributed by atoms with E-state index in [1.807, 2.05) is 6.08 Å². The van der Waals surface area contributed by atoms with Gasteiger partial charge in [0.15, 0.2) is 0 Å². The van der Waals surface area contributed by atoms with Gasteiger partial charge >= 0.3 is 0 Å². The molecule has 3 heterocycles. The van der Waals surface area contributed by atoms with E-state index in [-0.39, 0.29) is 6.04 Å². The molecule has 0 aliphatic carbocycles. The van der Waals surface area contributed by atoms with Gasteiger partial charge in [0.1, 0.15) is 11.5 Å². The van der Waals surface area contributed by atoms with Crippen LogP contribution in [-0.2, 0) is 12.8 Å². The number of benzene rings is 3. The molecule has 2 aliphatic heterocycles. The Kier molecular flexibility index (Phi) is 5.07. The predicted molar refractivity (Wildman–Crippen MR) is 135 cm³/mol. The van der Waals surface area contributed by atoms with E-state index in [1.165, 1.54) is 52.5 Å². The fraction of sp³-hybridized carbons (Fsp3) is 0.267. The molecule has 2 aliphatic rings. The van der Waals surface area contributed by atoms with Crippen molar-refractivity contribution in [2.75, 3.05) is 13.6 Å². The van der Waals surface area contributed by atoms with Gasteiger partial charge in [-0.3, -0.25) is 0 Å². The first-order chi connectivity index (χ1) is 16.2. The molecule has 0 saturated carbocycles. The third-order valence-electron chi connectivity index (χ3n) is 7.46. The minimum Gasteiger partial charge on any atom is -0.457 e. The normalized spacial score (nSPS) is 19.8. The lowest BCUT2D eigenvalue weighted by Gasteiger charge is -2.31. The van der Waals surface area contributed by atoms with Gasteiger partial charge < -0.3 is 14.2 Å².